The van der Waals surface area contributed by atoms with Crippen molar-refractivity contribution >= 4 is 12.0 Å². The number of unbranched alkanes of at least 4 members (excludes halogenated alkanes) is 2. The Balaban J connectivity index is 2.06. The number of hydrogen-bond acceptors (Lipinski definition) is 3. The van der Waals surface area contributed by atoms with E-state index in [4.69, 9.17) is 4.74 Å². The van der Waals surface area contributed by atoms with Crippen LogP contribution in [0, 0.1) is 6.92 Å². The van der Waals surface area contributed by atoms with Crippen molar-refractivity contribution in [1.29, 1.82) is 0 Å². The summed E-state index contributed by atoms with van der Waals surface area (Å²) in [4.78, 5) is 26.0. The van der Waals surface area contributed by atoms with E-state index in [-0.39, 0.29) is 12.6 Å². The van der Waals surface area contributed by atoms with Crippen molar-refractivity contribution in [3.05, 3.63) is 59.4 Å². The van der Waals surface area contributed by atoms with E-state index in [0.29, 0.717) is 19.7 Å². The van der Waals surface area contributed by atoms with Crippen LogP contribution in [-0.4, -0.2) is 41.2 Å². The van der Waals surface area contributed by atoms with Crippen LogP contribution in [0.25, 0.3) is 0 Å². The minimum atomic E-state index is -0.419. The molecule has 6 nitrogen and oxygen atoms in total. The minimum Gasteiger partial charge on any atom is -0.465 e. The standard InChI is InChI=1S/C23H33N3O3/c1-4-6-9-14-26(23(28)24-16-22(27)29-5-2)18-21-13-10-15-25(21)17-20-12-8-7-11-19(20)3/h7-8,10-13,15H,4-6,9,14,16-18H2,1-3H3,(H,24,28). The monoisotopic (exact) mass is 399 g/mol. The first-order chi connectivity index (χ1) is 14.0. The fourth-order valence-corrected chi connectivity index (χ4v) is 3.19. The first-order valence-corrected chi connectivity index (χ1v) is 10.4. The molecule has 29 heavy (non-hydrogen) atoms. The zero-order valence-electron chi connectivity index (χ0n) is 17.8. The van der Waals surface area contributed by atoms with E-state index < -0.39 is 5.97 Å². The zero-order chi connectivity index (χ0) is 21.1. The van der Waals surface area contributed by atoms with Crippen LogP contribution in [0.1, 0.15) is 49.9 Å². The van der Waals surface area contributed by atoms with Gasteiger partial charge in [0.15, 0.2) is 0 Å². The molecule has 1 aromatic heterocycles. The molecular weight excluding hydrogens is 366 g/mol. The number of hydrogen-bond donors (Lipinski definition) is 1. The fraction of sp³-hybridized carbons (Fsp3) is 0.478. The van der Waals surface area contributed by atoms with Crippen LogP contribution in [0.5, 0.6) is 0 Å². The van der Waals surface area contributed by atoms with Crippen LogP contribution in [0.3, 0.4) is 0 Å². The van der Waals surface area contributed by atoms with Crippen molar-refractivity contribution in [2.75, 3.05) is 19.7 Å². The van der Waals surface area contributed by atoms with Crippen LogP contribution in [-0.2, 0) is 22.6 Å². The lowest BCUT2D eigenvalue weighted by Gasteiger charge is -2.24. The summed E-state index contributed by atoms with van der Waals surface area (Å²) in [5.41, 5.74) is 3.57. The Kier molecular flexibility index (Phi) is 9.28. The van der Waals surface area contributed by atoms with Crippen molar-refractivity contribution < 1.29 is 14.3 Å². The highest BCUT2D eigenvalue weighted by Gasteiger charge is 2.17. The lowest BCUT2D eigenvalue weighted by molar-refractivity contribution is -0.141. The summed E-state index contributed by atoms with van der Waals surface area (Å²) < 4.78 is 7.07. The van der Waals surface area contributed by atoms with Gasteiger partial charge in [-0.2, -0.15) is 0 Å². The lowest BCUT2D eigenvalue weighted by Crippen LogP contribution is -2.42. The van der Waals surface area contributed by atoms with Crippen LogP contribution in [0.15, 0.2) is 42.6 Å². The highest BCUT2D eigenvalue weighted by molar-refractivity contribution is 5.80. The molecule has 0 aliphatic heterocycles. The summed E-state index contributed by atoms with van der Waals surface area (Å²) in [6.07, 6.45) is 5.12. The Morgan fingerprint density at radius 2 is 1.90 bits per heavy atom. The molecule has 0 bridgehead atoms. The van der Waals surface area contributed by atoms with Crippen molar-refractivity contribution in [2.45, 2.75) is 53.1 Å². The number of nitrogens with zero attached hydrogens (tertiary/aromatic N) is 2. The number of ether oxygens (including phenoxy) is 1. The molecule has 1 heterocycles. The Morgan fingerprint density at radius 3 is 2.62 bits per heavy atom. The van der Waals surface area contributed by atoms with Crippen LogP contribution >= 0.6 is 0 Å². The topological polar surface area (TPSA) is 63.6 Å². The van der Waals surface area contributed by atoms with Gasteiger partial charge in [-0.15, -0.1) is 0 Å². The molecule has 0 aliphatic rings. The predicted octanol–water partition coefficient (Wildman–Crippen LogP) is 4.11. The number of aryl methyl sites for hydroxylation is 1. The third kappa shape index (κ3) is 7.29. The normalized spacial score (nSPS) is 10.6. The number of nitrogens with one attached hydrogen (secondary N) is 1. The Labute approximate surface area is 173 Å². The van der Waals surface area contributed by atoms with E-state index in [1.54, 1.807) is 11.8 Å². The van der Waals surface area contributed by atoms with Crippen molar-refractivity contribution in [2.24, 2.45) is 0 Å². The fourth-order valence-electron chi connectivity index (χ4n) is 3.19. The van der Waals surface area contributed by atoms with Gasteiger partial charge in [-0.25, -0.2) is 4.79 Å². The number of carbonyl (C=O) groups excluding carboxylic acids is 2. The average molecular weight is 400 g/mol. The second-order valence-corrected chi connectivity index (χ2v) is 7.15. The molecule has 158 valence electrons. The van der Waals surface area contributed by atoms with E-state index in [1.165, 1.54) is 11.1 Å². The largest absolute Gasteiger partial charge is 0.465 e. The maximum Gasteiger partial charge on any atom is 0.325 e. The van der Waals surface area contributed by atoms with Gasteiger partial charge in [-0.3, -0.25) is 4.79 Å². The zero-order valence-corrected chi connectivity index (χ0v) is 17.8. The smallest absolute Gasteiger partial charge is 0.325 e. The maximum absolute atomic E-state index is 12.7. The van der Waals surface area contributed by atoms with Gasteiger partial charge in [0.05, 0.1) is 13.2 Å². The molecule has 0 saturated carbocycles. The third-order valence-corrected chi connectivity index (χ3v) is 4.89. The molecule has 1 N–H and O–H groups in total. The molecule has 2 amide bonds. The summed E-state index contributed by atoms with van der Waals surface area (Å²) in [5, 5.41) is 2.69. The summed E-state index contributed by atoms with van der Waals surface area (Å²) in [7, 11) is 0. The van der Waals surface area contributed by atoms with Crippen molar-refractivity contribution in [3.8, 4) is 0 Å². The first kappa shape index (κ1) is 22.5. The Bertz CT molecular complexity index is 785. The number of benzene rings is 1. The number of esters is 1. The SMILES string of the molecule is CCCCCN(Cc1cccn1Cc1ccccc1C)C(=O)NCC(=O)OCC. The summed E-state index contributed by atoms with van der Waals surface area (Å²) in [6.45, 7) is 8.11. The van der Waals surface area contributed by atoms with Crippen LogP contribution in [0.4, 0.5) is 4.79 Å². The quantitative estimate of drug-likeness (QED) is 0.457. The third-order valence-electron chi connectivity index (χ3n) is 4.89. The van der Waals surface area contributed by atoms with Gasteiger partial charge in [0.25, 0.3) is 0 Å². The van der Waals surface area contributed by atoms with E-state index in [9.17, 15) is 9.59 Å². The van der Waals surface area contributed by atoms with Gasteiger partial charge in [0.2, 0.25) is 0 Å². The first-order valence-electron chi connectivity index (χ1n) is 10.4. The molecule has 0 aliphatic carbocycles. The van der Waals surface area contributed by atoms with E-state index >= 15 is 0 Å². The summed E-state index contributed by atoms with van der Waals surface area (Å²) in [5.74, 6) is -0.419. The van der Waals surface area contributed by atoms with Crippen molar-refractivity contribution in [3.63, 3.8) is 0 Å². The van der Waals surface area contributed by atoms with E-state index in [0.717, 1.165) is 31.5 Å². The Morgan fingerprint density at radius 1 is 1.10 bits per heavy atom. The summed E-state index contributed by atoms with van der Waals surface area (Å²) in [6, 6.07) is 12.1. The number of amides is 2. The molecule has 2 rings (SSSR count). The Hall–Kier alpha value is -2.76. The molecule has 0 spiro atoms. The van der Waals surface area contributed by atoms with Gasteiger partial charge in [0, 0.05) is 25.0 Å². The average Bonchev–Trinajstić information content (AvgIpc) is 3.14. The van der Waals surface area contributed by atoms with Gasteiger partial charge in [-0.05, 0) is 43.5 Å². The van der Waals surface area contributed by atoms with Gasteiger partial charge < -0.3 is 19.5 Å². The number of aromatic nitrogens is 1. The molecule has 0 fully saturated rings. The molecule has 6 heteroatoms. The van der Waals surface area contributed by atoms with Crippen molar-refractivity contribution in [1.82, 2.24) is 14.8 Å². The number of urea groups is 1. The van der Waals surface area contributed by atoms with Gasteiger partial charge in [-0.1, -0.05) is 44.0 Å². The molecule has 1 aromatic carbocycles. The molecule has 0 atom stereocenters. The number of carbonyl (C=O) groups is 2. The van der Waals surface area contributed by atoms with Crippen LogP contribution < -0.4 is 5.32 Å². The van der Waals surface area contributed by atoms with Gasteiger partial charge in [0.1, 0.15) is 6.54 Å². The van der Waals surface area contributed by atoms with Crippen LogP contribution in [0.2, 0.25) is 0 Å². The molecule has 0 radical (unpaired) electrons. The lowest BCUT2D eigenvalue weighted by atomic mass is 10.1. The second-order valence-electron chi connectivity index (χ2n) is 7.15. The highest BCUT2D eigenvalue weighted by Crippen LogP contribution is 2.14. The summed E-state index contributed by atoms with van der Waals surface area (Å²) >= 11 is 0. The molecule has 0 unspecified atom stereocenters. The molecule has 0 saturated heterocycles. The predicted molar refractivity (Wildman–Crippen MR) is 115 cm³/mol. The minimum absolute atomic E-state index is 0.110. The van der Waals surface area contributed by atoms with E-state index in [2.05, 4.69) is 35.9 Å². The molecule has 2 aromatic rings. The molecular formula is C23H33N3O3. The van der Waals surface area contributed by atoms with Gasteiger partial charge >= 0.3 is 12.0 Å². The highest BCUT2D eigenvalue weighted by atomic mass is 16.5. The number of rotatable bonds is 11. The second kappa shape index (κ2) is 11.9. The maximum atomic E-state index is 12.7. The van der Waals surface area contributed by atoms with E-state index in [1.807, 2.05) is 30.5 Å².